The fourth-order valence-electron chi connectivity index (χ4n) is 2.45. The first-order valence-corrected chi connectivity index (χ1v) is 7.71. The van der Waals surface area contributed by atoms with Crippen LogP contribution in [0.4, 0.5) is 5.69 Å². The van der Waals surface area contributed by atoms with Crippen LogP contribution in [-0.2, 0) is 4.79 Å². The highest BCUT2D eigenvalue weighted by Crippen LogP contribution is 2.23. The van der Waals surface area contributed by atoms with E-state index in [-0.39, 0.29) is 12.5 Å². The normalized spacial score (nSPS) is 10.4. The van der Waals surface area contributed by atoms with Gasteiger partial charge in [-0.25, -0.2) is 4.98 Å². The summed E-state index contributed by atoms with van der Waals surface area (Å²) >= 11 is 0. The second-order valence-electron chi connectivity index (χ2n) is 5.61. The van der Waals surface area contributed by atoms with Crippen LogP contribution < -0.4 is 10.1 Å². The van der Waals surface area contributed by atoms with Gasteiger partial charge < -0.3 is 15.0 Å². The van der Waals surface area contributed by atoms with Crippen molar-refractivity contribution in [3.63, 3.8) is 0 Å². The Labute approximate surface area is 140 Å². The molecule has 0 aliphatic rings. The Morgan fingerprint density at radius 3 is 2.75 bits per heavy atom. The van der Waals surface area contributed by atoms with Crippen LogP contribution in [0.3, 0.4) is 0 Å². The molecule has 5 heteroatoms. The molecule has 0 saturated heterocycles. The number of ether oxygens (including phenoxy) is 1. The lowest BCUT2D eigenvalue weighted by Gasteiger charge is -2.09. The number of imidazole rings is 1. The summed E-state index contributed by atoms with van der Waals surface area (Å²) < 4.78 is 5.51. The molecule has 3 aromatic rings. The summed E-state index contributed by atoms with van der Waals surface area (Å²) in [5, 5.41) is 2.85. The van der Waals surface area contributed by atoms with Crippen molar-refractivity contribution in [2.45, 2.75) is 13.8 Å². The van der Waals surface area contributed by atoms with E-state index in [1.165, 1.54) is 0 Å². The molecular weight excluding hydrogens is 302 g/mol. The van der Waals surface area contributed by atoms with Crippen LogP contribution in [0, 0.1) is 13.8 Å². The highest BCUT2D eigenvalue weighted by molar-refractivity contribution is 5.92. The zero-order chi connectivity index (χ0) is 16.9. The van der Waals surface area contributed by atoms with Gasteiger partial charge in [-0.05, 0) is 43.7 Å². The molecule has 2 N–H and O–H groups in total. The van der Waals surface area contributed by atoms with Crippen LogP contribution in [0.1, 0.15) is 11.3 Å². The number of benzene rings is 2. The average Bonchev–Trinajstić information content (AvgIpc) is 2.99. The lowest BCUT2D eigenvalue weighted by molar-refractivity contribution is -0.118. The van der Waals surface area contributed by atoms with Crippen LogP contribution >= 0.6 is 0 Å². The number of amides is 1. The van der Waals surface area contributed by atoms with Gasteiger partial charge in [-0.3, -0.25) is 4.79 Å². The lowest BCUT2D eigenvalue weighted by atomic mass is 10.1. The summed E-state index contributed by atoms with van der Waals surface area (Å²) in [6.45, 7) is 3.91. The molecule has 24 heavy (non-hydrogen) atoms. The summed E-state index contributed by atoms with van der Waals surface area (Å²) in [5.74, 6) is 0.485. The van der Waals surface area contributed by atoms with Crippen molar-refractivity contribution < 1.29 is 9.53 Å². The van der Waals surface area contributed by atoms with Crippen LogP contribution in [0.2, 0.25) is 0 Å². The molecule has 5 nitrogen and oxygen atoms in total. The van der Waals surface area contributed by atoms with E-state index in [4.69, 9.17) is 4.74 Å². The molecule has 1 amide bonds. The van der Waals surface area contributed by atoms with Crippen molar-refractivity contribution in [2.75, 3.05) is 11.9 Å². The predicted molar refractivity (Wildman–Crippen MR) is 94.1 cm³/mol. The summed E-state index contributed by atoms with van der Waals surface area (Å²) in [6.07, 6.45) is 1.66. The molecule has 2 aromatic carbocycles. The van der Waals surface area contributed by atoms with Gasteiger partial charge in [0.05, 0.1) is 12.0 Å². The van der Waals surface area contributed by atoms with Crippen molar-refractivity contribution in [3.8, 4) is 17.0 Å². The van der Waals surface area contributed by atoms with Gasteiger partial charge in [0, 0.05) is 16.9 Å². The monoisotopic (exact) mass is 321 g/mol. The molecule has 122 valence electrons. The minimum Gasteiger partial charge on any atom is -0.484 e. The number of aromatic nitrogens is 2. The molecule has 0 atom stereocenters. The maximum Gasteiger partial charge on any atom is 0.262 e. The van der Waals surface area contributed by atoms with Crippen LogP contribution in [0.5, 0.6) is 5.75 Å². The fourth-order valence-corrected chi connectivity index (χ4v) is 2.45. The number of hydrogen-bond acceptors (Lipinski definition) is 3. The van der Waals surface area contributed by atoms with Gasteiger partial charge in [0.15, 0.2) is 6.61 Å². The second kappa shape index (κ2) is 7.00. The maximum absolute atomic E-state index is 12.1. The number of anilines is 1. The predicted octanol–water partition coefficient (Wildman–Crippen LogP) is 3.71. The largest absolute Gasteiger partial charge is 0.484 e. The van der Waals surface area contributed by atoms with E-state index < -0.39 is 0 Å². The zero-order valence-corrected chi connectivity index (χ0v) is 13.7. The van der Waals surface area contributed by atoms with Crippen molar-refractivity contribution >= 4 is 11.6 Å². The molecular formula is C19H19N3O2. The Bertz CT molecular complexity index is 855. The number of aryl methyl sites for hydroxylation is 2. The Morgan fingerprint density at radius 2 is 2.00 bits per heavy atom. The first kappa shape index (κ1) is 15.8. The molecule has 0 aliphatic heterocycles. The van der Waals surface area contributed by atoms with E-state index in [1.807, 2.05) is 62.4 Å². The summed E-state index contributed by atoms with van der Waals surface area (Å²) in [4.78, 5) is 19.4. The summed E-state index contributed by atoms with van der Waals surface area (Å²) in [6, 6.07) is 15.2. The molecule has 0 radical (unpaired) electrons. The number of H-pyrrole nitrogens is 1. The molecule has 1 aromatic heterocycles. The number of rotatable bonds is 5. The van der Waals surface area contributed by atoms with E-state index in [0.717, 1.165) is 22.5 Å². The van der Waals surface area contributed by atoms with Gasteiger partial charge in [0.2, 0.25) is 0 Å². The SMILES string of the molecule is Cc1cccc(OCC(=O)Nc2cccc(-c3nc[nH]c3C)c2)c1. The minimum absolute atomic E-state index is 0.0326. The first-order chi connectivity index (χ1) is 11.6. The Kier molecular flexibility index (Phi) is 4.61. The first-order valence-electron chi connectivity index (χ1n) is 7.71. The van der Waals surface area contributed by atoms with Gasteiger partial charge in [0.25, 0.3) is 5.91 Å². The minimum atomic E-state index is -0.201. The average molecular weight is 321 g/mol. The van der Waals surface area contributed by atoms with Gasteiger partial charge >= 0.3 is 0 Å². The molecule has 0 unspecified atom stereocenters. The molecule has 1 heterocycles. The number of carbonyl (C=O) groups is 1. The van der Waals surface area contributed by atoms with Crippen molar-refractivity contribution in [2.24, 2.45) is 0 Å². The maximum atomic E-state index is 12.1. The Balaban J connectivity index is 1.63. The van der Waals surface area contributed by atoms with E-state index in [1.54, 1.807) is 6.33 Å². The molecule has 0 aliphatic carbocycles. The second-order valence-corrected chi connectivity index (χ2v) is 5.61. The number of nitrogens with zero attached hydrogens (tertiary/aromatic N) is 1. The van der Waals surface area contributed by atoms with Crippen molar-refractivity contribution in [3.05, 3.63) is 66.1 Å². The van der Waals surface area contributed by atoms with Gasteiger partial charge in [-0.15, -0.1) is 0 Å². The van der Waals surface area contributed by atoms with Crippen molar-refractivity contribution in [1.82, 2.24) is 9.97 Å². The number of aromatic amines is 1. The van der Waals surface area contributed by atoms with E-state index >= 15 is 0 Å². The van der Waals surface area contributed by atoms with Gasteiger partial charge in [-0.1, -0.05) is 24.3 Å². The smallest absolute Gasteiger partial charge is 0.262 e. The number of nitrogens with one attached hydrogen (secondary N) is 2. The molecule has 0 bridgehead atoms. The molecule has 0 saturated carbocycles. The highest BCUT2D eigenvalue weighted by Gasteiger charge is 2.08. The fraction of sp³-hybridized carbons (Fsp3) is 0.158. The van der Waals surface area contributed by atoms with Crippen LogP contribution in [0.25, 0.3) is 11.3 Å². The molecule has 0 spiro atoms. The lowest BCUT2D eigenvalue weighted by Crippen LogP contribution is -2.20. The van der Waals surface area contributed by atoms with E-state index in [2.05, 4.69) is 15.3 Å². The van der Waals surface area contributed by atoms with Crippen LogP contribution in [-0.4, -0.2) is 22.5 Å². The summed E-state index contributed by atoms with van der Waals surface area (Å²) in [5.41, 5.74) is 4.62. The third kappa shape index (κ3) is 3.81. The zero-order valence-electron chi connectivity index (χ0n) is 13.7. The topological polar surface area (TPSA) is 67.0 Å². The van der Waals surface area contributed by atoms with E-state index in [9.17, 15) is 4.79 Å². The van der Waals surface area contributed by atoms with Crippen LogP contribution in [0.15, 0.2) is 54.9 Å². The number of carbonyl (C=O) groups excluding carboxylic acids is 1. The van der Waals surface area contributed by atoms with Gasteiger partial charge in [0.1, 0.15) is 5.75 Å². The van der Waals surface area contributed by atoms with E-state index in [0.29, 0.717) is 11.4 Å². The summed E-state index contributed by atoms with van der Waals surface area (Å²) in [7, 11) is 0. The van der Waals surface area contributed by atoms with Crippen molar-refractivity contribution in [1.29, 1.82) is 0 Å². The third-order valence-corrected chi connectivity index (χ3v) is 3.61. The Hall–Kier alpha value is -3.08. The quantitative estimate of drug-likeness (QED) is 0.753. The number of hydrogen-bond donors (Lipinski definition) is 2. The Morgan fingerprint density at radius 1 is 1.17 bits per heavy atom. The standard InChI is InChI=1S/C19H19N3O2/c1-13-5-3-8-17(9-13)24-11-18(23)22-16-7-4-6-15(10-16)19-14(2)20-12-21-19/h3-10,12H,11H2,1-2H3,(H,20,21)(H,22,23). The third-order valence-electron chi connectivity index (χ3n) is 3.61. The molecule has 0 fully saturated rings. The molecule has 3 rings (SSSR count). The van der Waals surface area contributed by atoms with Gasteiger partial charge in [-0.2, -0.15) is 0 Å². The highest BCUT2D eigenvalue weighted by atomic mass is 16.5.